The van der Waals surface area contributed by atoms with Crippen LogP contribution in [0.2, 0.25) is 0 Å². The van der Waals surface area contributed by atoms with Gasteiger partial charge in [0.2, 0.25) is 10.0 Å². The summed E-state index contributed by atoms with van der Waals surface area (Å²) in [5, 5.41) is 0. The fraction of sp³-hybridized carbons (Fsp3) is 0.333. The molecule has 17 heavy (non-hydrogen) atoms. The molecule has 1 aromatic heterocycles. The zero-order chi connectivity index (χ0) is 12.9. The number of esters is 1. The van der Waals surface area contributed by atoms with Crippen LogP contribution in [-0.4, -0.2) is 33.0 Å². The van der Waals surface area contributed by atoms with Crippen LogP contribution < -0.4 is 4.72 Å². The predicted octanol–water partition coefficient (Wildman–Crippen LogP) is 0.685. The van der Waals surface area contributed by atoms with Gasteiger partial charge in [-0.15, -0.1) is 0 Å². The maximum Gasteiger partial charge on any atom is 0.306 e. The Bertz CT molecular complexity index is 503. The fourth-order valence-electron chi connectivity index (χ4n) is 1.01. The molecule has 0 unspecified atom stereocenters. The van der Waals surface area contributed by atoms with Gasteiger partial charge in [-0.2, -0.15) is 0 Å². The summed E-state index contributed by atoms with van der Waals surface area (Å²) >= 11 is 3.13. The lowest BCUT2D eigenvalue weighted by Crippen LogP contribution is -2.26. The minimum absolute atomic E-state index is 0.0124. The average Bonchev–Trinajstić information content (AvgIpc) is 2.28. The van der Waals surface area contributed by atoms with Gasteiger partial charge in [0.15, 0.2) is 0 Å². The predicted molar refractivity (Wildman–Crippen MR) is 63.8 cm³/mol. The van der Waals surface area contributed by atoms with Crippen molar-refractivity contribution in [2.24, 2.45) is 0 Å². The van der Waals surface area contributed by atoms with Crippen LogP contribution in [-0.2, 0) is 19.6 Å². The van der Waals surface area contributed by atoms with Crippen LogP contribution in [0.4, 0.5) is 0 Å². The summed E-state index contributed by atoms with van der Waals surface area (Å²) in [5.74, 6) is -0.472. The third-order valence-electron chi connectivity index (χ3n) is 1.84. The van der Waals surface area contributed by atoms with E-state index in [1.165, 1.54) is 25.6 Å². The summed E-state index contributed by atoms with van der Waals surface area (Å²) in [7, 11) is -2.39. The van der Waals surface area contributed by atoms with Gasteiger partial charge in [0.05, 0.1) is 13.5 Å². The van der Waals surface area contributed by atoms with Crippen molar-refractivity contribution in [2.45, 2.75) is 11.3 Å². The Balaban J connectivity index is 2.66. The van der Waals surface area contributed by atoms with E-state index < -0.39 is 16.0 Å². The van der Waals surface area contributed by atoms with E-state index in [2.05, 4.69) is 30.4 Å². The second kappa shape index (κ2) is 6.08. The molecule has 6 nitrogen and oxygen atoms in total. The maximum atomic E-state index is 11.7. The Labute approximate surface area is 108 Å². The number of carbonyl (C=O) groups excluding carboxylic acids is 1. The van der Waals surface area contributed by atoms with Crippen molar-refractivity contribution in [1.29, 1.82) is 0 Å². The van der Waals surface area contributed by atoms with Crippen molar-refractivity contribution >= 4 is 31.9 Å². The van der Waals surface area contributed by atoms with Gasteiger partial charge in [-0.1, -0.05) is 0 Å². The molecule has 0 radical (unpaired) electrons. The van der Waals surface area contributed by atoms with Gasteiger partial charge in [-0.05, 0) is 22.0 Å². The van der Waals surface area contributed by atoms with E-state index >= 15 is 0 Å². The zero-order valence-corrected chi connectivity index (χ0v) is 11.4. The molecular formula is C9H11BrN2O4S. The Hall–Kier alpha value is -0.990. The molecule has 1 heterocycles. The smallest absolute Gasteiger partial charge is 0.306 e. The molecule has 0 spiro atoms. The number of ether oxygens (including phenoxy) is 1. The number of rotatable bonds is 5. The number of aromatic nitrogens is 1. The number of nitrogens with zero attached hydrogens (tertiary/aromatic N) is 1. The number of methoxy groups -OCH3 is 1. The van der Waals surface area contributed by atoms with Crippen molar-refractivity contribution < 1.29 is 17.9 Å². The number of halogens is 1. The molecule has 0 aliphatic carbocycles. The lowest BCUT2D eigenvalue weighted by molar-refractivity contribution is -0.140. The molecule has 1 aromatic rings. The van der Waals surface area contributed by atoms with E-state index in [0.717, 1.165) is 0 Å². The Morgan fingerprint density at radius 3 is 2.82 bits per heavy atom. The fourth-order valence-corrected chi connectivity index (χ4v) is 2.55. The number of sulfonamides is 1. The van der Waals surface area contributed by atoms with Crippen LogP contribution in [0, 0.1) is 0 Å². The van der Waals surface area contributed by atoms with E-state index in [-0.39, 0.29) is 17.9 Å². The van der Waals surface area contributed by atoms with Gasteiger partial charge in [-0.25, -0.2) is 13.1 Å². The Morgan fingerprint density at radius 2 is 2.24 bits per heavy atom. The standard InChI is InChI=1S/C9H11BrN2O4S/c1-16-9(13)2-3-12-17(14,15)8-4-7(10)5-11-6-8/h4-6,12H,2-3H2,1H3. The number of carbonyl (C=O) groups is 1. The normalized spacial score (nSPS) is 11.2. The molecule has 0 fully saturated rings. The van der Waals surface area contributed by atoms with Crippen LogP contribution in [0.3, 0.4) is 0 Å². The van der Waals surface area contributed by atoms with Crippen LogP contribution in [0.25, 0.3) is 0 Å². The first kappa shape index (κ1) is 14.1. The molecule has 1 N–H and O–H groups in total. The summed E-state index contributed by atoms with van der Waals surface area (Å²) in [4.78, 5) is 14.6. The lowest BCUT2D eigenvalue weighted by atomic mass is 10.4. The summed E-state index contributed by atoms with van der Waals surface area (Å²) < 4.78 is 30.7. The quantitative estimate of drug-likeness (QED) is 0.806. The first-order valence-electron chi connectivity index (χ1n) is 4.63. The lowest BCUT2D eigenvalue weighted by Gasteiger charge is -2.05. The molecule has 0 saturated carbocycles. The van der Waals surface area contributed by atoms with Gasteiger partial charge in [0.25, 0.3) is 0 Å². The molecule has 0 aromatic carbocycles. The van der Waals surface area contributed by atoms with E-state index in [9.17, 15) is 13.2 Å². The average molecular weight is 323 g/mol. The monoisotopic (exact) mass is 322 g/mol. The summed E-state index contributed by atoms with van der Waals surface area (Å²) in [5.41, 5.74) is 0. The van der Waals surface area contributed by atoms with Crippen LogP contribution in [0.5, 0.6) is 0 Å². The second-order valence-corrected chi connectivity index (χ2v) is 5.75. The van der Waals surface area contributed by atoms with E-state index in [1.54, 1.807) is 0 Å². The topological polar surface area (TPSA) is 85.4 Å². The third-order valence-corrected chi connectivity index (χ3v) is 3.70. The van der Waals surface area contributed by atoms with Crippen molar-refractivity contribution in [3.63, 3.8) is 0 Å². The molecule has 0 aliphatic rings. The zero-order valence-electron chi connectivity index (χ0n) is 9.01. The summed E-state index contributed by atoms with van der Waals surface area (Å²) in [6.07, 6.45) is 2.69. The SMILES string of the molecule is COC(=O)CCNS(=O)(=O)c1cncc(Br)c1. The second-order valence-electron chi connectivity index (χ2n) is 3.06. The van der Waals surface area contributed by atoms with Crippen LogP contribution >= 0.6 is 15.9 Å². The largest absolute Gasteiger partial charge is 0.469 e. The van der Waals surface area contributed by atoms with Crippen LogP contribution in [0.15, 0.2) is 27.8 Å². The molecule has 1 rings (SSSR count). The molecular weight excluding hydrogens is 312 g/mol. The molecule has 0 bridgehead atoms. The van der Waals surface area contributed by atoms with E-state index in [1.807, 2.05) is 0 Å². The molecule has 0 saturated heterocycles. The van der Waals surface area contributed by atoms with E-state index in [4.69, 9.17) is 0 Å². The van der Waals surface area contributed by atoms with Gasteiger partial charge in [0, 0.05) is 23.4 Å². The first-order chi connectivity index (χ1) is 7.95. The number of pyridine rings is 1. The molecule has 0 atom stereocenters. The minimum Gasteiger partial charge on any atom is -0.469 e. The van der Waals surface area contributed by atoms with E-state index in [0.29, 0.717) is 4.47 Å². The van der Waals surface area contributed by atoms with Gasteiger partial charge in [0.1, 0.15) is 4.90 Å². The molecule has 94 valence electrons. The minimum atomic E-state index is -3.64. The summed E-state index contributed by atoms with van der Waals surface area (Å²) in [6.45, 7) is -0.0124. The Kier molecular flexibility index (Phi) is 5.03. The van der Waals surface area contributed by atoms with Crippen molar-refractivity contribution in [2.75, 3.05) is 13.7 Å². The Morgan fingerprint density at radius 1 is 1.53 bits per heavy atom. The molecule has 0 amide bonds. The molecule has 0 aliphatic heterocycles. The van der Waals surface area contributed by atoms with Gasteiger partial charge >= 0.3 is 5.97 Å². The number of hydrogen-bond acceptors (Lipinski definition) is 5. The van der Waals surface area contributed by atoms with Gasteiger partial charge < -0.3 is 4.74 Å². The van der Waals surface area contributed by atoms with Crippen molar-refractivity contribution in [3.8, 4) is 0 Å². The maximum absolute atomic E-state index is 11.7. The number of nitrogens with one attached hydrogen (secondary N) is 1. The highest BCUT2D eigenvalue weighted by Gasteiger charge is 2.14. The van der Waals surface area contributed by atoms with Crippen molar-refractivity contribution in [1.82, 2.24) is 9.71 Å². The first-order valence-corrected chi connectivity index (χ1v) is 6.90. The van der Waals surface area contributed by atoms with Crippen LogP contribution in [0.1, 0.15) is 6.42 Å². The highest BCUT2D eigenvalue weighted by molar-refractivity contribution is 9.10. The summed E-state index contributed by atoms with van der Waals surface area (Å²) in [6, 6.07) is 1.42. The van der Waals surface area contributed by atoms with Gasteiger partial charge in [-0.3, -0.25) is 9.78 Å². The third kappa shape index (κ3) is 4.41. The molecule has 8 heteroatoms. The van der Waals surface area contributed by atoms with Crippen molar-refractivity contribution in [3.05, 3.63) is 22.9 Å². The highest BCUT2D eigenvalue weighted by atomic mass is 79.9. The number of hydrogen-bond donors (Lipinski definition) is 1. The highest BCUT2D eigenvalue weighted by Crippen LogP contribution is 2.13.